The zero-order valence-electron chi connectivity index (χ0n) is 60.8. The van der Waals surface area contributed by atoms with Crippen LogP contribution >= 0.6 is 0 Å². The average Bonchev–Trinajstić information content (AvgIpc) is 0.788. The Labute approximate surface area is 591 Å². The SMILES string of the molecule is C#CC1=C(N2CCC(C)(OC)CC2)c2cc(C(C)(C)O)ncc2CC1=O.C#CC1=C(N2CCC(C)(OC)CC2)c2cc(C)ncc2CC1=O.C#CC1=C(N2CCC(C)(OC)CC2)c2cc(CC)ncc2CC1=O.C#CC1=C(N2CCC(C)(OC)CC2)c2cc(OCCOC)ncc2CC1=O. The summed E-state index contributed by atoms with van der Waals surface area (Å²) < 4.78 is 33.2. The molecule has 0 aromatic carbocycles. The molecule has 100 heavy (non-hydrogen) atoms. The highest BCUT2D eigenvalue weighted by Crippen LogP contribution is 2.42. The van der Waals surface area contributed by atoms with Gasteiger partial charge in [-0.05, 0) is 147 Å². The van der Waals surface area contributed by atoms with Crippen LogP contribution in [0.5, 0.6) is 5.88 Å². The second-order valence-corrected chi connectivity index (χ2v) is 28.4. The number of piperidine rings is 4. The van der Waals surface area contributed by atoms with Gasteiger partial charge in [0, 0.05) is 178 Å². The first-order valence-electron chi connectivity index (χ1n) is 34.6. The van der Waals surface area contributed by atoms with Crippen molar-refractivity contribution in [2.45, 2.75) is 167 Å². The molecule has 0 spiro atoms. The molecule has 528 valence electrons. The summed E-state index contributed by atoms with van der Waals surface area (Å²) in [6, 6.07) is 7.89. The Morgan fingerprint density at radius 1 is 0.460 bits per heavy atom. The number of aryl methyl sites for hydroxylation is 2. The largest absolute Gasteiger partial charge is 0.475 e. The number of ketones is 4. The molecule has 1 N–H and O–H groups in total. The van der Waals surface area contributed by atoms with Crippen molar-refractivity contribution in [3.63, 3.8) is 0 Å². The van der Waals surface area contributed by atoms with Crippen molar-refractivity contribution in [2.24, 2.45) is 0 Å². The molecule has 4 saturated heterocycles. The summed E-state index contributed by atoms with van der Waals surface area (Å²) in [4.78, 5) is 76.4. The first-order valence-corrected chi connectivity index (χ1v) is 34.6. The van der Waals surface area contributed by atoms with Crippen molar-refractivity contribution in [3.8, 4) is 55.3 Å². The van der Waals surface area contributed by atoms with E-state index < -0.39 is 5.60 Å². The Morgan fingerprint density at radius 3 is 1.09 bits per heavy atom. The van der Waals surface area contributed by atoms with Gasteiger partial charge in [-0.15, -0.1) is 25.7 Å². The molecule has 4 aliphatic heterocycles. The van der Waals surface area contributed by atoms with E-state index in [9.17, 15) is 24.3 Å². The number of carbonyl (C=O) groups excluding carboxylic acids is 4. The third-order valence-corrected chi connectivity index (χ3v) is 21.2. The van der Waals surface area contributed by atoms with Gasteiger partial charge >= 0.3 is 0 Å². The van der Waals surface area contributed by atoms with E-state index in [2.05, 4.69) is 104 Å². The fourth-order valence-corrected chi connectivity index (χ4v) is 14.0. The molecule has 0 atom stereocenters. The summed E-state index contributed by atoms with van der Waals surface area (Å²) in [6.07, 6.45) is 39.0. The molecular formula is C81H98N8O11. The van der Waals surface area contributed by atoms with Crippen LogP contribution in [-0.2, 0) is 80.6 Å². The van der Waals surface area contributed by atoms with E-state index >= 15 is 0 Å². The number of Topliss-reactive ketones (excluding diaryl/α,β-unsaturated/α-hetero) is 4. The van der Waals surface area contributed by atoms with Crippen molar-refractivity contribution in [2.75, 3.05) is 101 Å². The molecule has 19 nitrogen and oxygen atoms in total. The van der Waals surface area contributed by atoms with Gasteiger partial charge in [0.1, 0.15) is 12.2 Å². The molecular weight excluding hydrogens is 1260 g/mol. The van der Waals surface area contributed by atoms with Gasteiger partial charge < -0.3 is 53.1 Å². The van der Waals surface area contributed by atoms with Crippen LogP contribution in [0.2, 0.25) is 0 Å². The average molecular weight is 1360 g/mol. The van der Waals surface area contributed by atoms with E-state index in [1.807, 2.05) is 31.3 Å². The Kier molecular flexibility index (Phi) is 24.0. The fraction of sp³-hybridized carbons (Fsp3) is 0.506. The molecule has 0 bridgehead atoms. The molecule has 12 rings (SSSR count). The standard InChI is InChI=1S/C21H26N2O4.C21H26N2O3.C20H24N2O2.C19H22N2O2/c1-5-16-18(24)12-15-14-22-19(27-11-10-25-3)13-17(15)20(16)23-8-6-21(2,26-4)7-9-23;1-6-15-17(24)11-14-13-22-18(20(2,3)25)12-16(14)19(15)23-9-7-21(4,26-5)8-10-23;1-5-15-12-17-14(13-21-15)11-18(23)16(6-2)19(17)22-9-7-20(3,24-4)8-10-22;1-5-15-17(22)11-14-12-20-13(2)10-16(14)18(15)21-8-6-19(3,23-4)7-9-21/h1,13-14H,6-12H2,2-4H3;1,12-13,25H,7-11H2,2-5H3;2,12-13H,5,7-11H2,1,3-4H3;1,10,12H,6-9,11H2,2-4H3. The van der Waals surface area contributed by atoms with Gasteiger partial charge in [0.15, 0.2) is 23.1 Å². The number of fused-ring (bicyclic) bond motifs is 4. The highest BCUT2D eigenvalue weighted by atomic mass is 16.5. The molecule has 4 fully saturated rings. The molecule has 0 amide bonds. The smallest absolute Gasteiger partial charge is 0.213 e. The predicted octanol–water partition coefficient (Wildman–Crippen LogP) is 9.33. The Morgan fingerprint density at radius 2 is 0.770 bits per heavy atom. The maximum atomic E-state index is 12.6. The summed E-state index contributed by atoms with van der Waals surface area (Å²) in [5.41, 5.74) is 14.0. The molecule has 19 heteroatoms. The highest BCUT2D eigenvalue weighted by molar-refractivity contribution is 6.12. The molecule has 4 aromatic rings. The number of ether oxygens (including phenoxy) is 6. The van der Waals surface area contributed by atoms with Crippen molar-refractivity contribution in [1.82, 2.24) is 39.5 Å². The summed E-state index contributed by atoms with van der Waals surface area (Å²) in [7, 11) is 8.63. The number of methoxy groups -OCH3 is 5. The lowest BCUT2D eigenvalue weighted by Crippen LogP contribution is -2.44. The lowest BCUT2D eigenvalue weighted by atomic mass is 9.85. The van der Waals surface area contributed by atoms with E-state index in [0.29, 0.717) is 59.9 Å². The zero-order chi connectivity index (χ0) is 72.5. The van der Waals surface area contributed by atoms with Gasteiger partial charge in [0.05, 0.1) is 79.8 Å². The van der Waals surface area contributed by atoms with Gasteiger partial charge in [0.25, 0.3) is 0 Å². The fourth-order valence-electron chi connectivity index (χ4n) is 14.0. The molecule has 4 aliphatic carbocycles. The van der Waals surface area contributed by atoms with Gasteiger partial charge in [0.2, 0.25) is 5.88 Å². The predicted molar refractivity (Wildman–Crippen MR) is 386 cm³/mol. The maximum absolute atomic E-state index is 12.6. The van der Waals surface area contributed by atoms with Crippen molar-refractivity contribution < 1.29 is 52.7 Å². The molecule has 0 unspecified atom stereocenters. The quantitative estimate of drug-likeness (QED) is 0.0921. The molecule has 0 saturated carbocycles. The third-order valence-electron chi connectivity index (χ3n) is 21.2. The van der Waals surface area contributed by atoms with Crippen molar-refractivity contribution in [3.05, 3.63) is 133 Å². The van der Waals surface area contributed by atoms with Crippen LogP contribution in [0.15, 0.2) is 71.3 Å². The Balaban J connectivity index is 0.000000156. The second-order valence-electron chi connectivity index (χ2n) is 28.4. The van der Waals surface area contributed by atoms with Crippen molar-refractivity contribution in [1.29, 1.82) is 0 Å². The normalized spacial score (nSPS) is 19.7. The maximum Gasteiger partial charge on any atom is 0.213 e. The number of rotatable bonds is 14. The number of hydrogen-bond donors (Lipinski definition) is 1. The molecule has 8 aliphatic rings. The number of nitrogens with zero attached hydrogens (tertiary/aromatic N) is 8. The highest BCUT2D eigenvalue weighted by Gasteiger charge is 2.40. The second kappa shape index (κ2) is 31.8. The first kappa shape index (κ1) is 75.4. The van der Waals surface area contributed by atoms with Gasteiger partial charge in [-0.3, -0.25) is 34.1 Å². The minimum atomic E-state index is -1.06. The molecule has 4 aromatic heterocycles. The number of pyridine rings is 4. The van der Waals surface area contributed by atoms with Crippen LogP contribution in [0.1, 0.15) is 161 Å². The summed E-state index contributed by atoms with van der Waals surface area (Å²) in [5.74, 6) is 11.0. The summed E-state index contributed by atoms with van der Waals surface area (Å²) >= 11 is 0. The number of carbonyl (C=O) groups is 4. The van der Waals surface area contributed by atoms with E-state index in [0.717, 1.165) is 189 Å². The Hall–Kier alpha value is -8.76. The van der Waals surface area contributed by atoms with Crippen molar-refractivity contribution >= 4 is 45.9 Å². The number of aromatic nitrogens is 4. The van der Waals surface area contributed by atoms with Gasteiger partial charge in [-0.25, -0.2) is 4.98 Å². The van der Waals surface area contributed by atoms with Crippen LogP contribution in [0.3, 0.4) is 0 Å². The summed E-state index contributed by atoms with van der Waals surface area (Å²) in [5, 5.41) is 10.3. The monoisotopic (exact) mass is 1360 g/mol. The number of allylic oxidation sites excluding steroid dienone is 4. The topological polar surface area (TPSA) is 208 Å². The van der Waals surface area contributed by atoms with E-state index in [-0.39, 0.29) is 58.4 Å². The third kappa shape index (κ3) is 16.7. The van der Waals surface area contributed by atoms with E-state index in [1.165, 1.54) is 0 Å². The minimum absolute atomic E-state index is 0.0146. The lowest BCUT2D eigenvalue weighted by molar-refractivity contribution is -0.115. The number of likely N-dealkylation sites (tertiary alicyclic amines) is 4. The van der Waals surface area contributed by atoms with Crippen LogP contribution in [0.4, 0.5) is 0 Å². The van der Waals surface area contributed by atoms with E-state index in [1.54, 1.807) is 68.0 Å². The Bertz CT molecular complexity index is 4090. The zero-order valence-corrected chi connectivity index (χ0v) is 60.8. The number of hydrogen-bond acceptors (Lipinski definition) is 19. The lowest BCUT2D eigenvalue weighted by Gasteiger charge is -2.42. The molecule has 8 heterocycles. The van der Waals surface area contributed by atoms with Gasteiger partial charge in [-0.1, -0.05) is 30.6 Å². The van der Waals surface area contributed by atoms with E-state index in [4.69, 9.17) is 54.1 Å². The number of terminal acetylenes is 4. The van der Waals surface area contributed by atoms with Crippen LogP contribution in [0.25, 0.3) is 22.8 Å². The minimum Gasteiger partial charge on any atom is -0.475 e. The molecule has 0 radical (unpaired) electrons. The summed E-state index contributed by atoms with van der Waals surface area (Å²) in [6.45, 7) is 23.3. The van der Waals surface area contributed by atoms with Crippen LogP contribution in [0, 0.1) is 56.3 Å². The van der Waals surface area contributed by atoms with Gasteiger partial charge in [-0.2, -0.15) is 0 Å². The van der Waals surface area contributed by atoms with Crippen LogP contribution in [-0.4, -0.2) is 191 Å². The number of aliphatic hydroxyl groups is 1. The first-order chi connectivity index (χ1) is 47.7. The van der Waals surface area contributed by atoms with Crippen LogP contribution < -0.4 is 4.74 Å².